The lowest BCUT2D eigenvalue weighted by molar-refractivity contribution is 0.0702. The second-order valence-corrected chi connectivity index (χ2v) is 5.55. The first kappa shape index (κ1) is 15.2. The summed E-state index contributed by atoms with van der Waals surface area (Å²) in [6.07, 6.45) is 0.979. The molecule has 1 N–H and O–H groups in total. The van der Waals surface area contributed by atoms with Crippen LogP contribution in [0.4, 0.5) is 5.13 Å². The van der Waals surface area contributed by atoms with Crippen LogP contribution in [0.3, 0.4) is 0 Å². The number of aromatic carboxylic acids is 1. The average Bonchev–Trinajstić information content (AvgIpc) is 2.66. The van der Waals surface area contributed by atoms with Crippen LogP contribution in [0, 0.1) is 0 Å². The molecule has 0 saturated carbocycles. The maximum Gasteiger partial charge on any atom is 0.349 e. The topological polar surface area (TPSA) is 56.7 Å². The predicted octanol–water partition coefficient (Wildman–Crippen LogP) is 2.27. The third kappa shape index (κ3) is 4.12. The fourth-order valence-corrected chi connectivity index (χ4v) is 2.63. The molecule has 0 saturated heterocycles. The highest BCUT2D eigenvalue weighted by Gasteiger charge is 2.19. The minimum atomic E-state index is -1.02. The van der Waals surface area contributed by atoms with Crippen molar-refractivity contribution >= 4 is 34.0 Å². The van der Waals surface area contributed by atoms with Crippen LogP contribution in [-0.2, 0) is 0 Å². The minimum absolute atomic E-state index is 0.0773. The Hall–Kier alpha value is -0.850. The van der Waals surface area contributed by atoms with E-state index in [0.29, 0.717) is 5.13 Å². The molecule has 0 unspecified atom stereocenters. The van der Waals surface area contributed by atoms with Gasteiger partial charge in [0.1, 0.15) is 0 Å². The number of carbonyl (C=O) groups is 1. The van der Waals surface area contributed by atoms with Gasteiger partial charge >= 0.3 is 5.97 Å². The maximum absolute atomic E-state index is 10.9. The number of thiazole rings is 1. The third-order valence-electron chi connectivity index (χ3n) is 2.35. The normalized spacial score (nSPS) is 10.9. The number of carboxylic acid groups (broad SMARTS) is 1. The number of hydrogen-bond donors (Lipinski definition) is 1. The van der Waals surface area contributed by atoms with Gasteiger partial charge in [-0.15, -0.1) is 0 Å². The number of nitrogens with zero attached hydrogens (tertiary/aromatic N) is 3. The van der Waals surface area contributed by atoms with Gasteiger partial charge in [0.25, 0.3) is 0 Å². The van der Waals surface area contributed by atoms with Crippen molar-refractivity contribution in [1.82, 2.24) is 9.88 Å². The fourth-order valence-electron chi connectivity index (χ4n) is 1.45. The molecular weight excluding hydrogens is 274 g/mol. The Labute approximate surface area is 116 Å². The zero-order chi connectivity index (χ0) is 13.7. The van der Waals surface area contributed by atoms with Gasteiger partial charge in [0.05, 0.1) is 0 Å². The first-order valence-corrected chi connectivity index (χ1v) is 6.94. The van der Waals surface area contributed by atoms with Gasteiger partial charge in [0, 0.05) is 19.6 Å². The van der Waals surface area contributed by atoms with Crippen molar-refractivity contribution < 1.29 is 9.90 Å². The summed E-state index contributed by atoms with van der Waals surface area (Å²) in [6, 6.07) is 0. The molecule has 0 aliphatic heterocycles. The SMILES string of the molecule is CCCN(CCN(C)C)c1nc(Cl)c(C(=O)O)s1. The summed E-state index contributed by atoms with van der Waals surface area (Å²) in [7, 11) is 4.00. The lowest BCUT2D eigenvalue weighted by Crippen LogP contribution is -2.32. The van der Waals surface area contributed by atoms with E-state index in [2.05, 4.69) is 21.7 Å². The Balaban J connectivity index is 2.84. The highest BCUT2D eigenvalue weighted by molar-refractivity contribution is 7.18. The number of hydrogen-bond acceptors (Lipinski definition) is 5. The monoisotopic (exact) mass is 291 g/mol. The number of aromatic nitrogens is 1. The highest BCUT2D eigenvalue weighted by Crippen LogP contribution is 2.29. The van der Waals surface area contributed by atoms with Gasteiger partial charge in [0.2, 0.25) is 0 Å². The third-order valence-corrected chi connectivity index (χ3v) is 3.84. The molecule has 0 aromatic carbocycles. The Morgan fingerprint density at radius 2 is 2.06 bits per heavy atom. The lowest BCUT2D eigenvalue weighted by Gasteiger charge is -2.22. The molecule has 0 bridgehead atoms. The Morgan fingerprint density at radius 1 is 1.39 bits per heavy atom. The van der Waals surface area contributed by atoms with E-state index < -0.39 is 5.97 Å². The van der Waals surface area contributed by atoms with Crippen molar-refractivity contribution in [1.29, 1.82) is 0 Å². The van der Waals surface area contributed by atoms with E-state index in [-0.39, 0.29) is 10.0 Å². The lowest BCUT2D eigenvalue weighted by atomic mass is 10.4. The molecule has 1 heterocycles. The molecule has 7 heteroatoms. The summed E-state index contributed by atoms with van der Waals surface area (Å²) < 4.78 is 0. The van der Waals surface area contributed by atoms with Gasteiger partial charge < -0.3 is 14.9 Å². The summed E-state index contributed by atoms with van der Waals surface area (Å²) in [6.45, 7) is 4.62. The van der Waals surface area contributed by atoms with Gasteiger partial charge in [-0.2, -0.15) is 0 Å². The fraction of sp³-hybridized carbons (Fsp3) is 0.636. The molecule has 0 aliphatic rings. The van der Waals surface area contributed by atoms with Crippen LogP contribution in [0.25, 0.3) is 0 Å². The van der Waals surface area contributed by atoms with Crippen molar-refractivity contribution in [3.63, 3.8) is 0 Å². The molecule has 1 aromatic heterocycles. The van der Waals surface area contributed by atoms with Crippen LogP contribution in [0.1, 0.15) is 23.0 Å². The molecule has 1 aromatic rings. The smallest absolute Gasteiger partial charge is 0.349 e. The zero-order valence-corrected chi connectivity index (χ0v) is 12.4. The first-order chi connectivity index (χ1) is 8.45. The average molecular weight is 292 g/mol. The van der Waals surface area contributed by atoms with E-state index in [0.717, 1.165) is 37.4 Å². The van der Waals surface area contributed by atoms with Gasteiger partial charge in [0.15, 0.2) is 15.2 Å². The molecule has 102 valence electrons. The molecule has 5 nitrogen and oxygen atoms in total. The summed E-state index contributed by atoms with van der Waals surface area (Å²) in [4.78, 5) is 19.3. The number of halogens is 1. The summed E-state index contributed by atoms with van der Waals surface area (Å²) >= 11 is 6.96. The van der Waals surface area contributed by atoms with Gasteiger partial charge in [-0.3, -0.25) is 0 Å². The van der Waals surface area contributed by atoms with Crippen LogP contribution in [0.2, 0.25) is 5.15 Å². The number of rotatable bonds is 7. The first-order valence-electron chi connectivity index (χ1n) is 5.75. The van der Waals surface area contributed by atoms with Gasteiger partial charge in [-0.1, -0.05) is 29.9 Å². The van der Waals surface area contributed by atoms with E-state index in [4.69, 9.17) is 16.7 Å². The summed E-state index contributed by atoms with van der Waals surface area (Å²) in [5.74, 6) is -1.02. The molecule has 1 rings (SSSR count). The zero-order valence-electron chi connectivity index (χ0n) is 10.8. The molecule has 0 radical (unpaired) electrons. The van der Waals surface area contributed by atoms with Crippen LogP contribution >= 0.6 is 22.9 Å². The van der Waals surface area contributed by atoms with Gasteiger partial charge in [-0.25, -0.2) is 9.78 Å². The van der Waals surface area contributed by atoms with E-state index in [1.807, 2.05) is 14.1 Å². The van der Waals surface area contributed by atoms with Crippen molar-refractivity contribution in [2.75, 3.05) is 38.6 Å². The molecule has 0 spiro atoms. The van der Waals surface area contributed by atoms with Gasteiger partial charge in [-0.05, 0) is 20.5 Å². The quantitative estimate of drug-likeness (QED) is 0.835. The van der Waals surface area contributed by atoms with Crippen molar-refractivity contribution in [2.45, 2.75) is 13.3 Å². The van der Waals surface area contributed by atoms with Crippen LogP contribution in [0.15, 0.2) is 0 Å². The van der Waals surface area contributed by atoms with Crippen molar-refractivity contribution in [2.24, 2.45) is 0 Å². The molecule has 18 heavy (non-hydrogen) atoms. The number of anilines is 1. The minimum Gasteiger partial charge on any atom is -0.477 e. The standard InChI is InChI=1S/C11H18ClN3O2S/c1-4-5-15(7-6-14(2)3)11-13-9(12)8(18-11)10(16)17/h4-7H2,1-3H3,(H,16,17). The number of likely N-dealkylation sites (N-methyl/N-ethyl adjacent to an activating group) is 1. The largest absolute Gasteiger partial charge is 0.477 e. The molecule has 0 atom stereocenters. The predicted molar refractivity (Wildman–Crippen MR) is 75.1 cm³/mol. The number of carboxylic acids is 1. The van der Waals surface area contributed by atoms with E-state index in [1.165, 1.54) is 0 Å². The second kappa shape index (κ2) is 6.92. The molecule has 0 fully saturated rings. The maximum atomic E-state index is 10.9. The van der Waals surface area contributed by atoms with Crippen molar-refractivity contribution in [3.8, 4) is 0 Å². The Bertz CT molecular complexity index is 409. The van der Waals surface area contributed by atoms with Crippen LogP contribution in [0.5, 0.6) is 0 Å². The second-order valence-electron chi connectivity index (χ2n) is 4.21. The highest BCUT2D eigenvalue weighted by atomic mass is 35.5. The van der Waals surface area contributed by atoms with Crippen molar-refractivity contribution in [3.05, 3.63) is 10.0 Å². The van der Waals surface area contributed by atoms with E-state index in [1.54, 1.807) is 0 Å². The summed E-state index contributed by atoms with van der Waals surface area (Å²) in [5.41, 5.74) is 0. The van der Waals surface area contributed by atoms with Crippen LogP contribution < -0.4 is 4.90 Å². The van der Waals surface area contributed by atoms with Crippen LogP contribution in [-0.4, -0.2) is 54.7 Å². The summed E-state index contributed by atoms with van der Waals surface area (Å²) in [5, 5.41) is 9.73. The Kier molecular flexibility index (Phi) is 5.84. The molecule has 0 amide bonds. The molecular formula is C11H18ClN3O2S. The molecule has 0 aliphatic carbocycles. The van der Waals surface area contributed by atoms with E-state index in [9.17, 15) is 4.79 Å². The Morgan fingerprint density at radius 3 is 2.50 bits per heavy atom. The van der Waals surface area contributed by atoms with E-state index >= 15 is 0 Å².